The van der Waals surface area contributed by atoms with E-state index in [1.807, 2.05) is 30.3 Å². The van der Waals surface area contributed by atoms with E-state index < -0.39 is 6.09 Å². The lowest BCUT2D eigenvalue weighted by Gasteiger charge is -2.06. The second-order valence-corrected chi connectivity index (χ2v) is 3.86. The summed E-state index contributed by atoms with van der Waals surface area (Å²) in [5.41, 5.74) is 0.916. The van der Waals surface area contributed by atoms with Gasteiger partial charge in [-0.05, 0) is 5.56 Å². The molecule has 0 saturated carbocycles. The molecule has 0 saturated heterocycles. The third-order valence-electron chi connectivity index (χ3n) is 2.14. The van der Waals surface area contributed by atoms with Crippen LogP contribution in [0.1, 0.15) is 5.56 Å². The first-order valence-corrected chi connectivity index (χ1v) is 5.68. The summed E-state index contributed by atoms with van der Waals surface area (Å²) in [6.07, 6.45) is 2.50. The highest BCUT2D eigenvalue weighted by atomic mass is 32.1. The number of aromatic nitrogens is 2. The molecule has 2 rings (SSSR count). The molecular formula is C12H11N3O2S. The Morgan fingerprint density at radius 2 is 2.17 bits per heavy atom. The monoisotopic (exact) mass is 261 g/mol. The number of nitrogens with one attached hydrogen (secondary N) is 2. The summed E-state index contributed by atoms with van der Waals surface area (Å²) in [7, 11) is 0. The predicted octanol–water partition coefficient (Wildman–Crippen LogP) is 2.89. The van der Waals surface area contributed by atoms with E-state index in [2.05, 4.69) is 15.3 Å². The first-order valence-electron chi connectivity index (χ1n) is 5.27. The molecule has 1 amide bonds. The van der Waals surface area contributed by atoms with Gasteiger partial charge in [-0.15, -0.1) is 0 Å². The fourth-order valence-corrected chi connectivity index (χ4v) is 1.47. The van der Waals surface area contributed by atoms with Crippen LogP contribution < -0.4 is 5.32 Å². The molecule has 92 valence electrons. The second-order valence-electron chi connectivity index (χ2n) is 3.45. The molecule has 2 N–H and O–H groups in total. The second kappa shape index (κ2) is 5.92. The van der Waals surface area contributed by atoms with Crippen LogP contribution in [0.4, 0.5) is 10.6 Å². The van der Waals surface area contributed by atoms with Crippen molar-refractivity contribution in [3.8, 4) is 0 Å². The van der Waals surface area contributed by atoms with Gasteiger partial charge >= 0.3 is 6.09 Å². The fourth-order valence-electron chi connectivity index (χ4n) is 1.30. The number of aromatic amines is 1. The molecule has 1 heterocycles. The minimum absolute atomic E-state index is 0.204. The molecule has 0 fully saturated rings. The summed E-state index contributed by atoms with van der Waals surface area (Å²) >= 11 is 4.96. The quantitative estimate of drug-likeness (QED) is 0.834. The number of nitrogens with zero attached hydrogens (tertiary/aromatic N) is 1. The van der Waals surface area contributed by atoms with Gasteiger partial charge in [0.2, 0.25) is 0 Å². The first-order chi connectivity index (χ1) is 8.75. The first kappa shape index (κ1) is 12.3. The van der Waals surface area contributed by atoms with Crippen LogP contribution in [0.3, 0.4) is 0 Å². The highest BCUT2D eigenvalue weighted by molar-refractivity contribution is 7.71. The molecule has 0 aliphatic heterocycles. The van der Waals surface area contributed by atoms with E-state index in [1.54, 1.807) is 6.20 Å². The minimum atomic E-state index is -0.586. The van der Waals surface area contributed by atoms with E-state index in [1.165, 1.54) is 6.20 Å². The summed E-state index contributed by atoms with van der Waals surface area (Å²) in [6.45, 7) is 0.204. The Labute approximate surface area is 109 Å². The van der Waals surface area contributed by atoms with Gasteiger partial charge in [-0.2, -0.15) is 0 Å². The minimum Gasteiger partial charge on any atom is -0.444 e. The van der Waals surface area contributed by atoms with Crippen LogP contribution in [0, 0.1) is 4.64 Å². The molecule has 0 radical (unpaired) electrons. The van der Waals surface area contributed by atoms with E-state index >= 15 is 0 Å². The molecule has 5 nitrogen and oxygen atoms in total. The zero-order valence-corrected chi connectivity index (χ0v) is 10.2. The fraction of sp³-hybridized carbons (Fsp3) is 0.0833. The summed E-state index contributed by atoms with van der Waals surface area (Å²) < 4.78 is 5.39. The highest BCUT2D eigenvalue weighted by Crippen LogP contribution is 2.05. The van der Waals surface area contributed by atoms with Gasteiger partial charge in [0.05, 0.1) is 0 Å². The van der Waals surface area contributed by atoms with Gasteiger partial charge in [0.15, 0.2) is 5.82 Å². The maximum absolute atomic E-state index is 11.5. The number of anilines is 1. The maximum Gasteiger partial charge on any atom is 0.413 e. The number of benzene rings is 1. The lowest BCUT2D eigenvalue weighted by Crippen LogP contribution is -2.15. The number of ether oxygens (including phenoxy) is 1. The Morgan fingerprint density at radius 3 is 2.89 bits per heavy atom. The third-order valence-corrected chi connectivity index (χ3v) is 2.45. The van der Waals surface area contributed by atoms with Crippen LogP contribution in [-0.2, 0) is 11.3 Å². The average Bonchev–Trinajstić information content (AvgIpc) is 2.40. The van der Waals surface area contributed by atoms with E-state index in [4.69, 9.17) is 17.0 Å². The van der Waals surface area contributed by atoms with Crippen molar-refractivity contribution in [1.29, 1.82) is 0 Å². The Balaban J connectivity index is 1.90. The van der Waals surface area contributed by atoms with E-state index in [-0.39, 0.29) is 12.4 Å². The average molecular weight is 261 g/mol. The van der Waals surface area contributed by atoms with Crippen LogP contribution in [-0.4, -0.2) is 16.1 Å². The highest BCUT2D eigenvalue weighted by Gasteiger charge is 2.05. The van der Waals surface area contributed by atoms with Gasteiger partial charge in [-0.3, -0.25) is 5.32 Å². The van der Waals surface area contributed by atoms with Gasteiger partial charge < -0.3 is 9.72 Å². The van der Waals surface area contributed by atoms with E-state index in [0.29, 0.717) is 4.64 Å². The molecule has 18 heavy (non-hydrogen) atoms. The lowest BCUT2D eigenvalue weighted by molar-refractivity contribution is 0.155. The zero-order chi connectivity index (χ0) is 12.8. The molecule has 6 heteroatoms. The van der Waals surface area contributed by atoms with Crippen molar-refractivity contribution in [2.75, 3.05) is 5.32 Å². The smallest absolute Gasteiger partial charge is 0.413 e. The maximum atomic E-state index is 11.5. The topological polar surface area (TPSA) is 67.0 Å². The molecule has 1 aromatic carbocycles. The standard InChI is InChI=1S/C12H11N3O2S/c16-12(15-10-11(18)14-7-6-13-10)17-8-9-4-2-1-3-5-9/h1-7H,8H2,(H,14,18)(H,13,15,16). The van der Waals surface area contributed by atoms with Gasteiger partial charge in [0, 0.05) is 12.4 Å². The Kier molecular flexibility index (Phi) is 4.03. The summed E-state index contributed by atoms with van der Waals surface area (Å²) in [5.74, 6) is 0.283. The van der Waals surface area contributed by atoms with Crippen molar-refractivity contribution in [2.45, 2.75) is 6.61 Å². The zero-order valence-electron chi connectivity index (χ0n) is 9.42. The molecule has 2 aromatic rings. The summed E-state index contributed by atoms with van der Waals surface area (Å²) in [4.78, 5) is 18.2. The Hall–Kier alpha value is -2.21. The van der Waals surface area contributed by atoms with Gasteiger partial charge in [0.1, 0.15) is 11.2 Å². The molecule has 0 bridgehead atoms. The molecule has 0 aliphatic rings. The predicted molar refractivity (Wildman–Crippen MR) is 69.7 cm³/mol. The summed E-state index contributed by atoms with van der Waals surface area (Å²) in [5, 5.41) is 2.47. The Bertz CT molecular complexity index is 583. The SMILES string of the molecule is O=C(Nc1ncc[nH]c1=S)OCc1ccccc1. The third kappa shape index (κ3) is 3.39. The largest absolute Gasteiger partial charge is 0.444 e. The van der Waals surface area contributed by atoms with Gasteiger partial charge in [-0.25, -0.2) is 9.78 Å². The summed E-state index contributed by atoms with van der Waals surface area (Å²) in [6, 6.07) is 9.41. The molecular weight excluding hydrogens is 250 g/mol. The van der Waals surface area contributed by atoms with Crippen molar-refractivity contribution < 1.29 is 9.53 Å². The molecule has 0 aliphatic carbocycles. The van der Waals surface area contributed by atoms with Gasteiger partial charge in [0.25, 0.3) is 0 Å². The van der Waals surface area contributed by atoms with Crippen molar-refractivity contribution in [1.82, 2.24) is 9.97 Å². The van der Waals surface area contributed by atoms with Crippen molar-refractivity contribution in [3.63, 3.8) is 0 Å². The number of hydrogen-bond donors (Lipinski definition) is 2. The number of amides is 1. The number of carbonyl (C=O) groups is 1. The van der Waals surface area contributed by atoms with Crippen LogP contribution in [0.2, 0.25) is 0 Å². The normalized spacial score (nSPS) is 9.78. The van der Waals surface area contributed by atoms with Crippen LogP contribution in [0.15, 0.2) is 42.7 Å². The van der Waals surface area contributed by atoms with Crippen molar-refractivity contribution in [3.05, 3.63) is 52.9 Å². The number of rotatable bonds is 3. The van der Waals surface area contributed by atoms with Gasteiger partial charge in [-0.1, -0.05) is 42.5 Å². The van der Waals surface area contributed by atoms with Crippen molar-refractivity contribution in [2.24, 2.45) is 0 Å². The lowest BCUT2D eigenvalue weighted by atomic mass is 10.2. The number of H-pyrrole nitrogens is 1. The number of carbonyl (C=O) groups excluding carboxylic acids is 1. The van der Waals surface area contributed by atoms with Crippen LogP contribution >= 0.6 is 12.2 Å². The molecule has 1 aromatic heterocycles. The van der Waals surface area contributed by atoms with E-state index in [0.717, 1.165) is 5.56 Å². The molecule has 0 spiro atoms. The van der Waals surface area contributed by atoms with E-state index in [9.17, 15) is 4.79 Å². The molecule has 0 atom stereocenters. The molecule has 0 unspecified atom stereocenters. The number of hydrogen-bond acceptors (Lipinski definition) is 4. The van der Waals surface area contributed by atoms with Crippen LogP contribution in [0.25, 0.3) is 0 Å². The Morgan fingerprint density at radius 1 is 1.39 bits per heavy atom. The van der Waals surface area contributed by atoms with Crippen molar-refractivity contribution >= 4 is 24.1 Å². The van der Waals surface area contributed by atoms with Crippen LogP contribution in [0.5, 0.6) is 0 Å².